The van der Waals surface area contributed by atoms with Crippen molar-refractivity contribution in [3.63, 3.8) is 0 Å². The Balaban J connectivity index is 1.77. The summed E-state index contributed by atoms with van der Waals surface area (Å²) in [5.74, 6) is -0.471. The van der Waals surface area contributed by atoms with Gasteiger partial charge < -0.3 is 10.1 Å². The molecule has 2 rings (SSSR count). The van der Waals surface area contributed by atoms with Crippen LogP contribution in [0.4, 0.5) is 13.2 Å². The maximum Gasteiger partial charge on any atom is 0.573 e. The van der Waals surface area contributed by atoms with Gasteiger partial charge >= 0.3 is 6.36 Å². The van der Waals surface area contributed by atoms with Gasteiger partial charge in [0.1, 0.15) is 5.75 Å². The summed E-state index contributed by atoms with van der Waals surface area (Å²) in [5, 5.41) is 3.24. The predicted molar refractivity (Wildman–Crippen MR) is 110 cm³/mol. The second-order valence-corrected chi connectivity index (χ2v) is 8.35. The van der Waals surface area contributed by atoms with Crippen LogP contribution >= 0.6 is 0 Å². The molecule has 0 radical (unpaired) electrons. The first-order valence-electron chi connectivity index (χ1n) is 9.44. The van der Waals surface area contributed by atoms with E-state index >= 15 is 0 Å². The zero-order chi connectivity index (χ0) is 22.0. The molecular formula is C21H25F3N2O3S. The molecule has 0 aliphatic carbocycles. The molecule has 5 nitrogen and oxygen atoms in total. The highest BCUT2D eigenvalue weighted by molar-refractivity contribution is 7.89. The number of hydrogen-bond acceptors (Lipinski definition) is 4. The maximum atomic E-state index is 12.2. The van der Waals surface area contributed by atoms with E-state index in [2.05, 4.69) is 33.5 Å². The van der Waals surface area contributed by atoms with Crippen LogP contribution in [0.5, 0.6) is 5.75 Å². The molecule has 0 aromatic heterocycles. The van der Waals surface area contributed by atoms with E-state index in [0.717, 1.165) is 49.3 Å². The molecule has 164 valence electrons. The fourth-order valence-corrected chi connectivity index (χ4v) is 3.79. The second-order valence-electron chi connectivity index (χ2n) is 6.58. The summed E-state index contributed by atoms with van der Waals surface area (Å²) < 4.78 is 67.2. The SMILES string of the molecule is C=CCNCCc1ccc(CCCNS(=O)(=O)c2ccc(OC(F)(F)F)cc2)cc1. The highest BCUT2D eigenvalue weighted by Gasteiger charge is 2.31. The van der Waals surface area contributed by atoms with Crippen molar-refractivity contribution in [2.24, 2.45) is 0 Å². The van der Waals surface area contributed by atoms with Gasteiger partial charge in [0.25, 0.3) is 0 Å². The van der Waals surface area contributed by atoms with Crippen molar-refractivity contribution >= 4 is 10.0 Å². The Morgan fingerprint density at radius 3 is 2.10 bits per heavy atom. The van der Waals surface area contributed by atoms with Crippen LogP contribution in [0.1, 0.15) is 17.5 Å². The molecule has 0 fully saturated rings. The van der Waals surface area contributed by atoms with Gasteiger partial charge in [0.2, 0.25) is 10.0 Å². The van der Waals surface area contributed by atoms with Crippen molar-refractivity contribution in [1.82, 2.24) is 10.0 Å². The Kier molecular flexibility index (Phi) is 8.88. The molecule has 0 heterocycles. The molecule has 0 bridgehead atoms. The van der Waals surface area contributed by atoms with E-state index in [-0.39, 0.29) is 11.4 Å². The minimum absolute atomic E-state index is 0.119. The van der Waals surface area contributed by atoms with E-state index in [0.29, 0.717) is 12.8 Å². The number of aryl methyl sites for hydroxylation is 1. The molecule has 2 aromatic rings. The summed E-state index contributed by atoms with van der Waals surface area (Å²) in [6, 6.07) is 12.2. The Hall–Kier alpha value is -2.36. The third-order valence-electron chi connectivity index (χ3n) is 4.20. The molecule has 0 saturated carbocycles. The van der Waals surface area contributed by atoms with Gasteiger partial charge in [0.15, 0.2) is 0 Å². The molecule has 2 aromatic carbocycles. The largest absolute Gasteiger partial charge is 0.573 e. The number of ether oxygens (including phenoxy) is 1. The predicted octanol–water partition coefficient (Wildman–Crippen LogP) is 3.81. The van der Waals surface area contributed by atoms with Crippen LogP contribution in [0.25, 0.3) is 0 Å². The lowest BCUT2D eigenvalue weighted by molar-refractivity contribution is -0.274. The van der Waals surface area contributed by atoms with E-state index in [1.807, 2.05) is 18.2 Å². The van der Waals surface area contributed by atoms with Crippen molar-refractivity contribution < 1.29 is 26.3 Å². The van der Waals surface area contributed by atoms with E-state index in [9.17, 15) is 21.6 Å². The van der Waals surface area contributed by atoms with Gasteiger partial charge in [-0.25, -0.2) is 13.1 Å². The first-order chi connectivity index (χ1) is 14.2. The first kappa shape index (κ1) is 23.9. The molecule has 0 unspecified atom stereocenters. The smallest absolute Gasteiger partial charge is 0.406 e. The summed E-state index contributed by atoms with van der Waals surface area (Å²) in [7, 11) is -3.80. The molecule has 0 aliphatic rings. The number of alkyl halides is 3. The van der Waals surface area contributed by atoms with Crippen LogP contribution in [-0.4, -0.2) is 34.4 Å². The fraction of sp³-hybridized carbons (Fsp3) is 0.333. The van der Waals surface area contributed by atoms with E-state index in [1.54, 1.807) is 0 Å². The van der Waals surface area contributed by atoms with Crippen LogP contribution in [0.15, 0.2) is 66.1 Å². The Bertz CT molecular complexity index is 897. The molecule has 0 aliphatic heterocycles. The minimum atomic E-state index is -4.82. The lowest BCUT2D eigenvalue weighted by Crippen LogP contribution is -2.25. The van der Waals surface area contributed by atoms with Crippen LogP contribution < -0.4 is 14.8 Å². The molecule has 0 atom stereocenters. The number of rotatable bonds is 12. The van der Waals surface area contributed by atoms with Gasteiger partial charge in [0.05, 0.1) is 4.90 Å². The fourth-order valence-electron chi connectivity index (χ4n) is 2.71. The topological polar surface area (TPSA) is 67.4 Å². The number of hydrogen-bond donors (Lipinski definition) is 2. The summed E-state index contributed by atoms with van der Waals surface area (Å²) >= 11 is 0. The van der Waals surface area contributed by atoms with Crippen LogP contribution in [0.3, 0.4) is 0 Å². The summed E-state index contributed by atoms with van der Waals surface area (Å²) in [6.07, 6.45) is -0.792. The van der Waals surface area contributed by atoms with Crippen molar-refractivity contribution in [3.05, 3.63) is 72.3 Å². The second kappa shape index (κ2) is 11.1. The molecular weight excluding hydrogens is 417 g/mol. The maximum absolute atomic E-state index is 12.2. The Labute approximate surface area is 175 Å². The van der Waals surface area contributed by atoms with Gasteiger partial charge in [-0.15, -0.1) is 19.8 Å². The van der Waals surface area contributed by atoms with Gasteiger partial charge in [-0.05, 0) is 61.2 Å². The van der Waals surface area contributed by atoms with Crippen molar-refractivity contribution in [1.29, 1.82) is 0 Å². The van der Waals surface area contributed by atoms with Crippen molar-refractivity contribution in [3.8, 4) is 5.75 Å². The highest BCUT2D eigenvalue weighted by atomic mass is 32.2. The Morgan fingerprint density at radius 1 is 0.933 bits per heavy atom. The van der Waals surface area contributed by atoms with Gasteiger partial charge in [0, 0.05) is 13.1 Å². The quantitative estimate of drug-likeness (QED) is 0.388. The zero-order valence-corrected chi connectivity index (χ0v) is 17.2. The van der Waals surface area contributed by atoms with Crippen molar-refractivity contribution in [2.45, 2.75) is 30.5 Å². The lowest BCUT2D eigenvalue weighted by Gasteiger charge is -2.10. The van der Waals surface area contributed by atoms with E-state index < -0.39 is 22.1 Å². The Morgan fingerprint density at radius 2 is 1.53 bits per heavy atom. The molecule has 0 saturated heterocycles. The van der Waals surface area contributed by atoms with E-state index in [1.165, 1.54) is 5.56 Å². The van der Waals surface area contributed by atoms with Crippen LogP contribution in [0, 0.1) is 0 Å². The third-order valence-corrected chi connectivity index (χ3v) is 5.68. The first-order valence-corrected chi connectivity index (χ1v) is 10.9. The molecule has 30 heavy (non-hydrogen) atoms. The average molecular weight is 443 g/mol. The van der Waals surface area contributed by atoms with Gasteiger partial charge in [-0.1, -0.05) is 30.3 Å². The summed E-state index contributed by atoms with van der Waals surface area (Å²) in [4.78, 5) is -0.119. The molecule has 0 amide bonds. The third kappa shape index (κ3) is 8.56. The molecule has 9 heteroatoms. The molecule has 2 N–H and O–H groups in total. The number of halogens is 3. The standard InChI is InChI=1S/C21H25F3N2O3S/c1-2-14-25-16-13-18-7-5-17(6-8-18)4-3-15-26-30(27,28)20-11-9-19(10-12-20)29-21(22,23)24/h2,5-12,25-26H,1,3-4,13-16H2. The van der Waals surface area contributed by atoms with Crippen molar-refractivity contribution in [2.75, 3.05) is 19.6 Å². The average Bonchev–Trinajstić information content (AvgIpc) is 2.69. The monoisotopic (exact) mass is 442 g/mol. The lowest BCUT2D eigenvalue weighted by atomic mass is 10.1. The van der Waals surface area contributed by atoms with Crippen LogP contribution in [0.2, 0.25) is 0 Å². The summed E-state index contributed by atoms with van der Waals surface area (Å²) in [6.45, 7) is 5.52. The highest BCUT2D eigenvalue weighted by Crippen LogP contribution is 2.23. The normalized spacial score (nSPS) is 12.0. The zero-order valence-electron chi connectivity index (χ0n) is 16.4. The molecule has 0 spiro atoms. The number of nitrogens with one attached hydrogen (secondary N) is 2. The van der Waals surface area contributed by atoms with Gasteiger partial charge in [-0.3, -0.25) is 0 Å². The number of benzene rings is 2. The summed E-state index contributed by atoms with van der Waals surface area (Å²) in [5.41, 5.74) is 2.32. The number of sulfonamides is 1. The van der Waals surface area contributed by atoms with Crippen LogP contribution in [-0.2, 0) is 22.9 Å². The van der Waals surface area contributed by atoms with E-state index in [4.69, 9.17) is 0 Å². The minimum Gasteiger partial charge on any atom is -0.406 e. The van der Waals surface area contributed by atoms with Gasteiger partial charge in [-0.2, -0.15) is 0 Å².